The first-order valence-electron chi connectivity index (χ1n) is 13.0. The Morgan fingerprint density at radius 1 is 1.21 bits per heavy atom. The lowest BCUT2D eigenvalue weighted by Crippen LogP contribution is -2.50. The third kappa shape index (κ3) is 7.03. The van der Waals surface area contributed by atoms with Crippen molar-refractivity contribution in [3.8, 4) is 11.4 Å². The molecule has 1 unspecified atom stereocenters. The standard InChI is InChI=1S/C26H36ClN5O6S/c1-17(2)39(35,36)31-11-9-30(10-12-31)22-15-28-32(20-8-6-7-19(27)14-20)24(33)23(22)37-16-18-13-21(18)29-25(34)38-26(3,4)5/h6-8,14-15,17-18,21H,9-13,16H2,1-5H3,(H,29,34)/t18-,21?/m0/s1. The molecule has 1 aliphatic heterocycles. The second-order valence-electron chi connectivity index (χ2n) is 11.1. The van der Waals surface area contributed by atoms with Gasteiger partial charge >= 0.3 is 11.7 Å². The van der Waals surface area contributed by atoms with Crippen LogP contribution in [0.3, 0.4) is 0 Å². The minimum Gasteiger partial charge on any atom is -0.486 e. The Kier molecular flexibility index (Phi) is 8.48. The number of alkyl carbamates (subject to hydrolysis) is 1. The van der Waals surface area contributed by atoms with E-state index >= 15 is 0 Å². The van der Waals surface area contributed by atoms with Crippen molar-refractivity contribution >= 4 is 33.4 Å². The van der Waals surface area contributed by atoms with E-state index in [-0.39, 0.29) is 24.3 Å². The van der Waals surface area contributed by atoms with E-state index in [2.05, 4.69) is 10.4 Å². The predicted octanol–water partition coefficient (Wildman–Crippen LogP) is 3.04. The summed E-state index contributed by atoms with van der Waals surface area (Å²) in [7, 11) is -3.37. The number of rotatable bonds is 8. The van der Waals surface area contributed by atoms with Gasteiger partial charge < -0.3 is 19.7 Å². The van der Waals surface area contributed by atoms with Crippen LogP contribution in [-0.4, -0.2) is 78.3 Å². The van der Waals surface area contributed by atoms with E-state index in [4.69, 9.17) is 21.1 Å². The Morgan fingerprint density at radius 2 is 1.90 bits per heavy atom. The summed E-state index contributed by atoms with van der Waals surface area (Å²) in [6.07, 6.45) is 1.78. The maximum absolute atomic E-state index is 13.6. The number of nitrogens with one attached hydrogen (secondary N) is 1. The van der Waals surface area contributed by atoms with Crippen LogP contribution in [0.5, 0.6) is 5.75 Å². The van der Waals surface area contributed by atoms with Crippen LogP contribution in [0.2, 0.25) is 5.02 Å². The van der Waals surface area contributed by atoms with Crippen LogP contribution in [0, 0.1) is 5.92 Å². The number of anilines is 1. The van der Waals surface area contributed by atoms with Crippen molar-refractivity contribution in [1.29, 1.82) is 0 Å². The van der Waals surface area contributed by atoms with Gasteiger partial charge in [0.2, 0.25) is 15.8 Å². The zero-order valence-electron chi connectivity index (χ0n) is 22.9. The van der Waals surface area contributed by atoms with Gasteiger partial charge in [0.15, 0.2) is 0 Å². The molecule has 2 atom stereocenters. The Hall–Kier alpha value is -2.83. The van der Waals surface area contributed by atoms with Crippen LogP contribution in [0.15, 0.2) is 35.3 Å². The molecular weight excluding hydrogens is 546 g/mol. The van der Waals surface area contributed by atoms with E-state index in [9.17, 15) is 18.0 Å². The molecule has 2 heterocycles. The minimum atomic E-state index is -3.37. The molecule has 0 spiro atoms. The Bertz CT molecular complexity index is 1370. The molecule has 1 aromatic heterocycles. The summed E-state index contributed by atoms with van der Waals surface area (Å²) < 4.78 is 39.4. The molecule has 4 rings (SSSR count). The van der Waals surface area contributed by atoms with Gasteiger partial charge in [-0.25, -0.2) is 13.2 Å². The minimum absolute atomic E-state index is 0.0191. The number of benzene rings is 1. The highest BCUT2D eigenvalue weighted by molar-refractivity contribution is 7.89. The van der Waals surface area contributed by atoms with E-state index < -0.39 is 32.5 Å². The van der Waals surface area contributed by atoms with Crippen molar-refractivity contribution in [3.63, 3.8) is 0 Å². The summed E-state index contributed by atoms with van der Waals surface area (Å²) in [6, 6.07) is 6.69. The van der Waals surface area contributed by atoms with Gasteiger partial charge in [-0.1, -0.05) is 17.7 Å². The summed E-state index contributed by atoms with van der Waals surface area (Å²) in [4.78, 5) is 27.6. The van der Waals surface area contributed by atoms with Gasteiger partial charge in [0.25, 0.3) is 0 Å². The lowest BCUT2D eigenvalue weighted by molar-refractivity contribution is 0.0519. The average molecular weight is 582 g/mol. The van der Waals surface area contributed by atoms with Crippen LogP contribution >= 0.6 is 11.6 Å². The highest BCUT2D eigenvalue weighted by Gasteiger charge is 2.40. The molecule has 1 aromatic carbocycles. The number of hydrogen-bond acceptors (Lipinski definition) is 8. The monoisotopic (exact) mass is 581 g/mol. The number of carbonyl (C=O) groups excluding carboxylic acids is 1. The second kappa shape index (κ2) is 11.3. The molecule has 11 nitrogen and oxygen atoms in total. The second-order valence-corrected chi connectivity index (χ2v) is 14.0. The van der Waals surface area contributed by atoms with Crippen molar-refractivity contribution in [1.82, 2.24) is 19.4 Å². The fourth-order valence-electron chi connectivity index (χ4n) is 4.32. The molecule has 0 bridgehead atoms. The summed E-state index contributed by atoms with van der Waals surface area (Å²) >= 11 is 6.14. The average Bonchev–Trinajstić information content (AvgIpc) is 3.59. The van der Waals surface area contributed by atoms with Gasteiger partial charge in [0, 0.05) is 43.2 Å². The maximum Gasteiger partial charge on any atom is 0.407 e. The van der Waals surface area contributed by atoms with E-state index in [1.54, 1.807) is 65.1 Å². The first kappa shape index (κ1) is 29.2. The number of ether oxygens (including phenoxy) is 2. The summed E-state index contributed by atoms with van der Waals surface area (Å²) in [5.74, 6) is 0.138. The quantitative estimate of drug-likeness (QED) is 0.505. The van der Waals surface area contributed by atoms with E-state index in [0.29, 0.717) is 49.0 Å². The highest BCUT2D eigenvalue weighted by atomic mass is 35.5. The van der Waals surface area contributed by atoms with Gasteiger partial charge in [0.05, 0.1) is 23.7 Å². The molecule has 39 heavy (non-hydrogen) atoms. The Balaban J connectivity index is 1.53. The van der Waals surface area contributed by atoms with Gasteiger partial charge in [-0.15, -0.1) is 0 Å². The van der Waals surface area contributed by atoms with Crippen molar-refractivity contribution in [3.05, 3.63) is 45.8 Å². The van der Waals surface area contributed by atoms with Crippen LogP contribution in [0.4, 0.5) is 10.5 Å². The normalized spacial score (nSPS) is 20.1. The van der Waals surface area contributed by atoms with E-state index in [1.165, 1.54) is 8.99 Å². The number of sulfonamides is 1. The van der Waals surface area contributed by atoms with E-state index in [0.717, 1.165) is 0 Å². The smallest absolute Gasteiger partial charge is 0.407 e. The number of amides is 1. The molecule has 214 valence electrons. The number of aromatic nitrogens is 2. The van der Waals surface area contributed by atoms with Crippen LogP contribution in [-0.2, 0) is 14.8 Å². The lowest BCUT2D eigenvalue weighted by atomic mass is 10.2. The largest absolute Gasteiger partial charge is 0.486 e. The predicted molar refractivity (Wildman–Crippen MR) is 149 cm³/mol. The fraction of sp³-hybridized carbons (Fsp3) is 0.577. The molecular formula is C26H36ClN5O6S. The number of nitrogens with zero attached hydrogens (tertiary/aromatic N) is 4. The first-order valence-corrected chi connectivity index (χ1v) is 14.9. The summed E-state index contributed by atoms with van der Waals surface area (Å²) in [6.45, 7) is 10.3. The van der Waals surface area contributed by atoms with Gasteiger partial charge in [-0.05, 0) is 59.2 Å². The number of halogens is 1. The maximum atomic E-state index is 13.6. The zero-order valence-corrected chi connectivity index (χ0v) is 24.5. The SMILES string of the molecule is CC(C)S(=O)(=O)N1CCN(c2cnn(-c3cccc(Cl)c3)c(=O)c2OC[C@@H]2CC2NC(=O)OC(C)(C)C)CC1. The van der Waals surface area contributed by atoms with Crippen LogP contribution in [0.25, 0.3) is 5.69 Å². The molecule has 13 heteroatoms. The van der Waals surface area contributed by atoms with Crippen LogP contribution < -0.4 is 20.5 Å². The molecule has 2 aromatic rings. The molecule has 1 saturated carbocycles. The molecule has 1 saturated heterocycles. The number of carbonyl (C=O) groups is 1. The summed E-state index contributed by atoms with van der Waals surface area (Å²) in [5.41, 5.74) is -0.0602. The molecule has 0 radical (unpaired) electrons. The first-order chi connectivity index (χ1) is 18.3. The molecule has 2 aliphatic rings. The third-order valence-electron chi connectivity index (χ3n) is 6.57. The Labute approximate surface area is 234 Å². The topological polar surface area (TPSA) is 123 Å². The Morgan fingerprint density at radius 3 is 2.51 bits per heavy atom. The van der Waals surface area contributed by atoms with Crippen molar-refractivity contribution in [2.24, 2.45) is 5.92 Å². The summed E-state index contributed by atoms with van der Waals surface area (Å²) in [5, 5.41) is 7.16. The molecule has 1 aliphatic carbocycles. The van der Waals surface area contributed by atoms with Gasteiger partial charge in [-0.2, -0.15) is 14.1 Å². The highest BCUT2D eigenvalue weighted by Crippen LogP contribution is 2.33. The van der Waals surface area contributed by atoms with Gasteiger partial charge in [0.1, 0.15) is 11.3 Å². The van der Waals surface area contributed by atoms with Crippen molar-refractivity contribution in [2.45, 2.75) is 57.9 Å². The van der Waals surface area contributed by atoms with Crippen LogP contribution in [0.1, 0.15) is 41.0 Å². The molecule has 1 amide bonds. The van der Waals surface area contributed by atoms with Crippen molar-refractivity contribution < 1.29 is 22.7 Å². The van der Waals surface area contributed by atoms with E-state index in [1.807, 2.05) is 4.90 Å². The zero-order chi connectivity index (χ0) is 28.5. The van der Waals surface area contributed by atoms with Crippen molar-refractivity contribution in [2.75, 3.05) is 37.7 Å². The number of piperazine rings is 1. The molecule has 1 N–H and O–H groups in total. The molecule has 2 fully saturated rings. The number of hydrogen-bond donors (Lipinski definition) is 1. The lowest BCUT2D eigenvalue weighted by Gasteiger charge is -2.36. The van der Waals surface area contributed by atoms with Gasteiger partial charge in [-0.3, -0.25) is 4.79 Å². The fourth-order valence-corrected chi connectivity index (χ4v) is 5.77. The third-order valence-corrected chi connectivity index (χ3v) is 9.08.